The van der Waals surface area contributed by atoms with Crippen molar-refractivity contribution in [2.24, 2.45) is 0 Å². The molecule has 3 amide bonds. The van der Waals surface area contributed by atoms with Crippen molar-refractivity contribution in [1.82, 2.24) is 16.0 Å². The van der Waals surface area contributed by atoms with E-state index < -0.39 is 29.8 Å². The second kappa shape index (κ2) is 18.0. The Balaban J connectivity index is 2.12. The summed E-state index contributed by atoms with van der Waals surface area (Å²) >= 11 is 0. The summed E-state index contributed by atoms with van der Waals surface area (Å²) in [4.78, 5) is 47.6. The van der Waals surface area contributed by atoms with Crippen LogP contribution >= 0.6 is 0 Å². The van der Waals surface area contributed by atoms with Crippen molar-refractivity contribution >= 4 is 24.1 Å². The zero-order valence-electron chi connectivity index (χ0n) is 22.0. The van der Waals surface area contributed by atoms with Gasteiger partial charge in [-0.2, -0.15) is 0 Å². The molecule has 0 aliphatic carbocycles. The average Bonchev–Trinajstić information content (AvgIpc) is 2.85. The van der Waals surface area contributed by atoms with Crippen LogP contribution in [-0.4, -0.2) is 82.3 Å². The summed E-state index contributed by atoms with van der Waals surface area (Å²) < 4.78 is 25.6. The van der Waals surface area contributed by atoms with Crippen LogP contribution < -0.4 is 16.0 Å². The van der Waals surface area contributed by atoms with Crippen molar-refractivity contribution in [1.29, 1.82) is 0 Å². The fraction of sp³-hybridized carbons (Fsp3) is 0.600. The summed E-state index contributed by atoms with van der Waals surface area (Å²) in [5.74, 6) is -0.976. The van der Waals surface area contributed by atoms with Gasteiger partial charge in [-0.3, -0.25) is 4.79 Å². The Labute approximate surface area is 217 Å². The van der Waals surface area contributed by atoms with Crippen molar-refractivity contribution in [2.75, 3.05) is 46.6 Å². The SMILES string of the molecule is COC(=O)[C@H](CCC(=O)NCCOCCOCCNC(=O)OC(C)(C)C)NC(=O)OCc1ccccc1. The van der Waals surface area contributed by atoms with Gasteiger partial charge in [0.15, 0.2) is 0 Å². The number of amides is 3. The zero-order valence-corrected chi connectivity index (χ0v) is 22.0. The van der Waals surface area contributed by atoms with E-state index >= 15 is 0 Å². The summed E-state index contributed by atoms with van der Waals surface area (Å²) in [6.45, 7) is 7.23. The molecule has 0 aromatic heterocycles. The molecule has 3 N–H and O–H groups in total. The lowest BCUT2D eigenvalue weighted by Gasteiger charge is -2.19. The maximum atomic E-state index is 12.1. The van der Waals surface area contributed by atoms with Crippen LogP contribution in [0, 0.1) is 0 Å². The quantitative estimate of drug-likeness (QED) is 0.167. The summed E-state index contributed by atoms with van der Waals surface area (Å²) in [5.41, 5.74) is 0.251. The summed E-state index contributed by atoms with van der Waals surface area (Å²) in [6.07, 6.45) is -1.24. The number of hydrogen-bond donors (Lipinski definition) is 3. The van der Waals surface area contributed by atoms with Gasteiger partial charge in [0.2, 0.25) is 5.91 Å². The Morgan fingerprint density at radius 1 is 0.865 bits per heavy atom. The van der Waals surface area contributed by atoms with E-state index in [9.17, 15) is 19.2 Å². The maximum absolute atomic E-state index is 12.1. The molecular weight excluding hydrogens is 486 g/mol. The molecule has 0 unspecified atom stereocenters. The maximum Gasteiger partial charge on any atom is 0.408 e. The minimum Gasteiger partial charge on any atom is -0.467 e. The summed E-state index contributed by atoms with van der Waals surface area (Å²) in [6, 6.07) is 8.08. The lowest BCUT2D eigenvalue weighted by Crippen LogP contribution is -2.42. The number of benzene rings is 1. The van der Waals surface area contributed by atoms with E-state index in [1.54, 1.807) is 32.9 Å². The van der Waals surface area contributed by atoms with Crippen LogP contribution in [0.5, 0.6) is 0 Å². The van der Waals surface area contributed by atoms with Crippen LogP contribution in [0.25, 0.3) is 0 Å². The van der Waals surface area contributed by atoms with Crippen molar-refractivity contribution in [3.63, 3.8) is 0 Å². The van der Waals surface area contributed by atoms with E-state index in [4.69, 9.17) is 23.7 Å². The molecule has 37 heavy (non-hydrogen) atoms. The number of alkyl carbamates (subject to hydrolysis) is 2. The molecule has 0 saturated heterocycles. The van der Waals surface area contributed by atoms with Gasteiger partial charge in [0.05, 0.1) is 33.5 Å². The normalized spacial score (nSPS) is 11.7. The van der Waals surface area contributed by atoms with Crippen LogP contribution in [0.2, 0.25) is 0 Å². The number of nitrogens with one attached hydrogen (secondary N) is 3. The van der Waals surface area contributed by atoms with E-state index in [2.05, 4.69) is 16.0 Å². The first-order valence-electron chi connectivity index (χ1n) is 12.0. The fourth-order valence-electron chi connectivity index (χ4n) is 2.79. The highest BCUT2D eigenvalue weighted by atomic mass is 16.6. The molecule has 0 bridgehead atoms. The van der Waals surface area contributed by atoms with E-state index in [0.29, 0.717) is 26.4 Å². The van der Waals surface area contributed by atoms with E-state index in [1.807, 2.05) is 18.2 Å². The van der Waals surface area contributed by atoms with Crippen LogP contribution in [0.4, 0.5) is 9.59 Å². The Bertz CT molecular complexity index is 828. The molecule has 0 heterocycles. The van der Waals surface area contributed by atoms with Crippen molar-refractivity contribution in [3.05, 3.63) is 35.9 Å². The van der Waals surface area contributed by atoms with Crippen molar-refractivity contribution in [3.8, 4) is 0 Å². The Hall–Kier alpha value is -3.38. The van der Waals surface area contributed by atoms with Gasteiger partial charge in [-0.1, -0.05) is 30.3 Å². The first-order chi connectivity index (χ1) is 17.6. The third-order valence-electron chi connectivity index (χ3n) is 4.51. The number of esters is 1. The van der Waals surface area contributed by atoms with Gasteiger partial charge >= 0.3 is 18.2 Å². The second-order valence-corrected chi connectivity index (χ2v) is 8.82. The number of hydrogen-bond acceptors (Lipinski definition) is 9. The second-order valence-electron chi connectivity index (χ2n) is 8.82. The summed E-state index contributed by atoms with van der Waals surface area (Å²) in [5, 5.41) is 7.69. The van der Waals surface area contributed by atoms with Crippen LogP contribution in [0.15, 0.2) is 30.3 Å². The topological polar surface area (TPSA) is 151 Å². The van der Waals surface area contributed by atoms with Gasteiger partial charge < -0.3 is 39.6 Å². The lowest BCUT2D eigenvalue weighted by molar-refractivity contribution is -0.143. The molecule has 0 spiro atoms. The Kier molecular flexibility index (Phi) is 15.4. The predicted molar refractivity (Wildman–Crippen MR) is 134 cm³/mol. The number of methoxy groups -OCH3 is 1. The van der Waals surface area contributed by atoms with Crippen molar-refractivity contribution < 1.29 is 42.9 Å². The Morgan fingerprint density at radius 3 is 2.08 bits per heavy atom. The largest absolute Gasteiger partial charge is 0.467 e. The minimum absolute atomic E-state index is 0.00745. The number of rotatable bonds is 16. The highest BCUT2D eigenvalue weighted by molar-refractivity contribution is 5.82. The van der Waals surface area contributed by atoms with E-state index in [1.165, 1.54) is 7.11 Å². The van der Waals surface area contributed by atoms with Gasteiger partial charge in [0.25, 0.3) is 0 Å². The van der Waals surface area contributed by atoms with Crippen LogP contribution in [0.3, 0.4) is 0 Å². The lowest BCUT2D eigenvalue weighted by atomic mass is 10.1. The molecule has 1 aromatic rings. The molecule has 208 valence electrons. The smallest absolute Gasteiger partial charge is 0.408 e. The van der Waals surface area contributed by atoms with Gasteiger partial charge in [-0.05, 0) is 32.8 Å². The molecule has 0 aliphatic rings. The fourth-order valence-corrected chi connectivity index (χ4v) is 2.79. The molecule has 0 fully saturated rings. The molecule has 0 saturated carbocycles. The third kappa shape index (κ3) is 16.8. The van der Waals surface area contributed by atoms with E-state index in [0.717, 1.165) is 5.56 Å². The van der Waals surface area contributed by atoms with Crippen molar-refractivity contribution in [2.45, 2.75) is 51.9 Å². The van der Waals surface area contributed by atoms with Gasteiger partial charge in [0, 0.05) is 19.5 Å². The number of carbonyl (C=O) groups excluding carboxylic acids is 4. The summed E-state index contributed by atoms with van der Waals surface area (Å²) in [7, 11) is 1.20. The molecule has 12 nitrogen and oxygen atoms in total. The van der Waals surface area contributed by atoms with Gasteiger partial charge in [-0.15, -0.1) is 0 Å². The minimum atomic E-state index is -1.02. The first-order valence-corrected chi connectivity index (χ1v) is 12.0. The van der Waals surface area contributed by atoms with E-state index in [-0.39, 0.29) is 38.5 Å². The van der Waals surface area contributed by atoms with Crippen LogP contribution in [0.1, 0.15) is 39.2 Å². The highest BCUT2D eigenvalue weighted by Gasteiger charge is 2.23. The zero-order chi connectivity index (χ0) is 27.5. The molecule has 1 rings (SSSR count). The Morgan fingerprint density at radius 2 is 1.49 bits per heavy atom. The van der Waals surface area contributed by atoms with Gasteiger partial charge in [-0.25, -0.2) is 14.4 Å². The first kappa shape index (κ1) is 31.6. The van der Waals surface area contributed by atoms with Gasteiger partial charge in [0.1, 0.15) is 18.2 Å². The monoisotopic (exact) mass is 525 g/mol. The molecule has 0 aliphatic heterocycles. The molecule has 0 radical (unpaired) electrons. The number of carbonyl (C=O) groups is 4. The average molecular weight is 526 g/mol. The molecule has 1 atom stereocenters. The predicted octanol–water partition coefficient (Wildman–Crippen LogP) is 1.91. The highest BCUT2D eigenvalue weighted by Crippen LogP contribution is 2.06. The van der Waals surface area contributed by atoms with Crippen LogP contribution in [-0.2, 0) is 39.9 Å². The molecule has 12 heteroatoms. The standard InChI is InChI=1S/C25H39N3O9/c1-25(2,3)37-23(31)27-13-15-35-17-16-34-14-12-26-21(29)11-10-20(22(30)33-4)28-24(32)36-18-19-8-6-5-7-9-19/h5-9,20H,10-18H2,1-4H3,(H,26,29)(H,27,31)(H,28,32)/t20-/m0/s1. The number of ether oxygens (including phenoxy) is 5. The molecular formula is C25H39N3O9. The molecule has 1 aromatic carbocycles. The third-order valence-corrected chi connectivity index (χ3v) is 4.51.